The number of aromatic nitrogens is 2. The van der Waals surface area contributed by atoms with Crippen molar-refractivity contribution in [2.75, 3.05) is 21.1 Å². The fourth-order valence-electron chi connectivity index (χ4n) is 3.24. The SMILES string of the molecule is CN=C(NCc1cccc(CN(C)C)c1)NCc1ccccc1Cn1cccn1.I. The lowest BCUT2D eigenvalue weighted by Gasteiger charge is -2.15. The molecule has 0 aliphatic rings. The van der Waals surface area contributed by atoms with Gasteiger partial charge in [-0.3, -0.25) is 9.67 Å². The summed E-state index contributed by atoms with van der Waals surface area (Å²) in [6.45, 7) is 3.14. The van der Waals surface area contributed by atoms with Crippen molar-refractivity contribution in [3.8, 4) is 0 Å². The molecule has 0 spiro atoms. The number of nitrogens with zero attached hydrogens (tertiary/aromatic N) is 4. The lowest BCUT2D eigenvalue weighted by molar-refractivity contribution is 0.402. The summed E-state index contributed by atoms with van der Waals surface area (Å²) >= 11 is 0. The summed E-state index contributed by atoms with van der Waals surface area (Å²) in [5.41, 5.74) is 5.03. The molecule has 1 heterocycles. The van der Waals surface area contributed by atoms with E-state index >= 15 is 0 Å². The summed E-state index contributed by atoms with van der Waals surface area (Å²) in [5, 5.41) is 11.1. The van der Waals surface area contributed by atoms with Crippen molar-refractivity contribution >= 4 is 29.9 Å². The predicted octanol–water partition coefficient (Wildman–Crippen LogP) is 3.48. The smallest absolute Gasteiger partial charge is 0.191 e. The first-order valence-electron chi connectivity index (χ1n) is 9.85. The molecule has 160 valence electrons. The number of nitrogens with one attached hydrogen (secondary N) is 2. The molecule has 7 heteroatoms. The molecule has 0 aliphatic heterocycles. The van der Waals surface area contributed by atoms with Crippen LogP contribution in [0.3, 0.4) is 0 Å². The Hall–Kier alpha value is -2.39. The van der Waals surface area contributed by atoms with E-state index < -0.39 is 0 Å². The second-order valence-electron chi connectivity index (χ2n) is 7.31. The van der Waals surface area contributed by atoms with E-state index in [1.165, 1.54) is 22.3 Å². The van der Waals surface area contributed by atoms with Crippen LogP contribution in [0, 0.1) is 0 Å². The van der Waals surface area contributed by atoms with Crippen molar-refractivity contribution in [2.24, 2.45) is 4.99 Å². The fraction of sp³-hybridized carbons (Fsp3) is 0.304. The third-order valence-electron chi connectivity index (χ3n) is 4.63. The van der Waals surface area contributed by atoms with Crippen LogP contribution >= 0.6 is 24.0 Å². The van der Waals surface area contributed by atoms with Crippen molar-refractivity contribution in [3.05, 3.63) is 89.2 Å². The Morgan fingerprint density at radius 3 is 2.40 bits per heavy atom. The van der Waals surface area contributed by atoms with Gasteiger partial charge in [0.25, 0.3) is 0 Å². The standard InChI is InChI=1S/C23H30N6.HI/c1-24-23(25-15-19-8-6-9-20(14-19)17-28(2)3)26-16-21-10-4-5-11-22(21)18-29-13-7-12-27-29;/h4-14H,15-18H2,1-3H3,(H2,24,25,26);1H. The minimum absolute atomic E-state index is 0. The fourth-order valence-corrected chi connectivity index (χ4v) is 3.24. The first-order chi connectivity index (χ1) is 14.1. The summed E-state index contributed by atoms with van der Waals surface area (Å²) in [4.78, 5) is 6.54. The van der Waals surface area contributed by atoms with Crippen molar-refractivity contribution in [1.82, 2.24) is 25.3 Å². The van der Waals surface area contributed by atoms with E-state index in [-0.39, 0.29) is 24.0 Å². The molecule has 0 bridgehead atoms. The van der Waals surface area contributed by atoms with Crippen LogP contribution in [0.15, 0.2) is 72.0 Å². The number of hydrogen-bond acceptors (Lipinski definition) is 3. The highest BCUT2D eigenvalue weighted by Gasteiger charge is 2.05. The zero-order chi connectivity index (χ0) is 20.5. The number of halogens is 1. The minimum Gasteiger partial charge on any atom is -0.352 e. The first kappa shape index (κ1) is 23.9. The number of rotatable bonds is 8. The van der Waals surface area contributed by atoms with Crippen molar-refractivity contribution in [3.63, 3.8) is 0 Å². The molecule has 0 amide bonds. The zero-order valence-corrected chi connectivity index (χ0v) is 20.2. The zero-order valence-electron chi connectivity index (χ0n) is 17.9. The van der Waals surface area contributed by atoms with Gasteiger partial charge in [0.05, 0.1) is 6.54 Å². The Bertz CT molecular complexity index is 921. The van der Waals surface area contributed by atoms with Gasteiger partial charge in [0.15, 0.2) is 5.96 Å². The Kier molecular flexibility index (Phi) is 9.82. The largest absolute Gasteiger partial charge is 0.352 e. The molecule has 0 fully saturated rings. The number of hydrogen-bond donors (Lipinski definition) is 2. The third kappa shape index (κ3) is 7.46. The van der Waals surface area contributed by atoms with Gasteiger partial charge in [-0.1, -0.05) is 48.5 Å². The Labute approximate surface area is 196 Å². The summed E-state index contributed by atoms with van der Waals surface area (Å²) in [6, 6.07) is 19.0. The average Bonchev–Trinajstić information content (AvgIpc) is 3.22. The maximum Gasteiger partial charge on any atom is 0.191 e. The van der Waals surface area contributed by atoms with E-state index in [0.717, 1.165) is 25.6 Å². The average molecular weight is 518 g/mol. The lowest BCUT2D eigenvalue weighted by Crippen LogP contribution is -2.36. The van der Waals surface area contributed by atoms with E-state index in [4.69, 9.17) is 0 Å². The van der Waals surface area contributed by atoms with Gasteiger partial charge in [-0.15, -0.1) is 24.0 Å². The monoisotopic (exact) mass is 518 g/mol. The van der Waals surface area contributed by atoms with Crippen molar-refractivity contribution in [1.29, 1.82) is 0 Å². The van der Waals surface area contributed by atoms with Crippen LogP contribution in [0.2, 0.25) is 0 Å². The van der Waals surface area contributed by atoms with Gasteiger partial charge >= 0.3 is 0 Å². The lowest BCUT2D eigenvalue weighted by atomic mass is 10.1. The molecule has 6 nitrogen and oxygen atoms in total. The second-order valence-corrected chi connectivity index (χ2v) is 7.31. The van der Waals surface area contributed by atoms with Crippen LogP contribution in [-0.2, 0) is 26.2 Å². The molecule has 30 heavy (non-hydrogen) atoms. The van der Waals surface area contributed by atoms with Gasteiger partial charge in [0.2, 0.25) is 0 Å². The van der Waals surface area contributed by atoms with Gasteiger partial charge in [0, 0.05) is 39.1 Å². The van der Waals surface area contributed by atoms with E-state index in [1.807, 2.05) is 16.9 Å². The molecule has 2 aromatic carbocycles. The molecule has 2 N–H and O–H groups in total. The van der Waals surface area contributed by atoms with E-state index in [2.05, 4.69) is 88.3 Å². The predicted molar refractivity (Wildman–Crippen MR) is 134 cm³/mol. The van der Waals surface area contributed by atoms with Crippen molar-refractivity contribution in [2.45, 2.75) is 26.2 Å². The molecule has 3 rings (SSSR count). The molecule has 1 aromatic heterocycles. The Morgan fingerprint density at radius 2 is 1.70 bits per heavy atom. The molecule has 0 unspecified atom stereocenters. The van der Waals surface area contributed by atoms with E-state index in [9.17, 15) is 0 Å². The summed E-state index contributed by atoms with van der Waals surface area (Å²) < 4.78 is 1.94. The van der Waals surface area contributed by atoms with Crippen LogP contribution in [0.1, 0.15) is 22.3 Å². The molecule has 0 saturated carbocycles. The second kappa shape index (κ2) is 12.3. The molecule has 3 aromatic rings. The van der Waals surface area contributed by atoms with Crippen LogP contribution in [0.25, 0.3) is 0 Å². The van der Waals surface area contributed by atoms with Gasteiger partial charge in [-0.25, -0.2) is 0 Å². The van der Waals surface area contributed by atoms with Gasteiger partial charge < -0.3 is 15.5 Å². The highest BCUT2D eigenvalue weighted by molar-refractivity contribution is 14.0. The van der Waals surface area contributed by atoms with Crippen LogP contribution in [-0.4, -0.2) is 41.8 Å². The van der Waals surface area contributed by atoms with Gasteiger partial charge in [0.1, 0.15) is 0 Å². The topological polar surface area (TPSA) is 57.5 Å². The minimum atomic E-state index is 0. The summed E-state index contributed by atoms with van der Waals surface area (Å²) in [5.74, 6) is 0.789. The van der Waals surface area contributed by atoms with Crippen LogP contribution in [0.5, 0.6) is 0 Å². The molecular weight excluding hydrogens is 487 g/mol. The van der Waals surface area contributed by atoms with Crippen LogP contribution in [0.4, 0.5) is 0 Å². The molecule has 0 aliphatic carbocycles. The molecule has 0 saturated heterocycles. The number of guanidine groups is 1. The van der Waals surface area contributed by atoms with Gasteiger partial charge in [-0.05, 0) is 42.4 Å². The Morgan fingerprint density at radius 1 is 0.967 bits per heavy atom. The van der Waals surface area contributed by atoms with Crippen molar-refractivity contribution < 1.29 is 0 Å². The van der Waals surface area contributed by atoms with E-state index in [0.29, 0.717) is 6.54 Å². The molecular formula is C23H31IN6. The maximum atomic E-state index is 4.36. The first-order valence-corrected chi connectivity index (χ1v) is 9.85. The molecule has 0 radical (unpaired) electrons. The van der Waals surface area contributed by atoms with Crippen LogP contribution < -0.4 is 10.6 Å². The quantitative estimate of drug-likeness (QED) is 0.273. The highest BCUT2D eigenvalue weighted by Crippen LogP contribution is 2.10. The van der Waals surface area contributed by atoms with E-state index in [1.54, 1.807) is 13.2 Å². The number of aliphatic imine (C=N–C) groups is 1. The normalized spacial score (nSPS) is 11.3. The maximum absolute atomic E-state index is 4.36. The summed E-state index contributed by atoms with van der Waals surface area (Å²) in [7, 11) is 5.97. The molecule has 0 atom stereocenters. The Balaban J connectivity index is 0.00000320. The number of benzene rings is 2. The van der Waals surface area contributed by atoms with Gasteiger partial charge in [-0.2, -0.15) is 5.10 Å². The third-order valence-corrected chi connectivity index (χ3v) is 4.63. The highest BCUT2D eigenvalue weighted by atomic mass is 127. The summed E-state index contributed by atoms with van der Waals surface area (Å²) in [6.07, 6.45) is 3.79.